The van der Waals surface area contributed by atoms with Crippen molar-refractivity contribution in [2.24, 2.45) is 5.92 Å². The maximum Gasteiger partial charge on any atom is 0.151 e. The highest BCUT2D eigenvalue weighted by atomic mass is 16.5. The van der Waals surface area contributed by atoms with Gasteiger partial charge >= 0.3 is 0 Å². The van der Waals surface area contributed by atoms with Gasteiger partial charge in [0, 0.05) is 32.3 Å². The second-order valence-electron chi connectivity index (χ2n) is 6.93. The summed E-state index contributed by atoms with van der Waals surface area (Å²) >= 11 is 0. The molecule has 118 valence electrons. The van der Waals surface area contributed by atoms with Crippen LogP contribution in [-0.2, 0) is 11.3 Å². The zero-order valence-corrected chi connectivity index (χ0v) is 13.7. The van der Waals surface area contributed by atoms with E-state index in [1.165, 1.54) is 12.8 Å². The molecule has 0 atom stereocenters. The second kappa shape index (κ2) is 7.18. The van der Waals surface area contributed by atoms with E-state index in [1.807, 2.05) is 19.2 Å². The standard InChI is InChI=1S/C16H28N4O/c1-16(2,3)17-11-14-7-8-15(19-18-14)20(4)9-10-21-12-13-5-6-13/h7-8,13,17H,5-6,9-12H2,1-4H3. The molecule has 0 unspecified atom stereocenters. The lowest BCUT2D eigenvalue weighted by atomic mass is 10.1. The van der Waals surface area contributed by atoms with E-state index in [1.54, 1.807) is 0 Å². The van der Waals surface area contributed by atoms with E-state index < -0.39 is 0 Å². The van der Waals surface area contributed by atoms with E-state index in [-0.39, 0.29) is 5.54 Å². The first kappa shape index (κ1) is 16.2. The van der Waals surface area contributed by atoms with E-state index in [0.717, 1.165) is 43.7 Å². The summed E-state index contributed by atoms with van der Waals surface area (Å²) in [5, 5.41) is 12.0. The SMILES string of the molecule is CN(CCOCC1CC1)c1ccc(CNC(C)(C)C)nn1. The molecular formula is C16H28N4O. The van der Waals surface area contributed by atoms with Gasteiger partial charge in [0.1, 0.15) is 0 Å². The molecular weight excluding hydrogens is 264 g/mol. The highest BCUT2D eigenvalue weighted by molar-refractivity contribution is 5.35. The summed E-state index contributed by atoms with van der Waals surface area (Å²) in [4.78, 5) is 2.08. The topological polar surface area (TPSA) is 50.3 Å². The fourth-order valence-corrected chi connectivity index (χ4v) is 1.86. The molecule has 0 radical (unpaired) electrons. The fourth-order valence-electron chi connectivity index (χ4n) is 1.86. The van der Waals surface area contributed by atoms with E-state index in [2.05, 4.69) is 41.2 Å². The van der Waals surface area contributed by atoms with E-state index in [9.17, 15) is 0 Å². The number of nitrogens with one attached hydrogen (secondary N) is 1. The zero-order chi connectivity index (χ0) is 15.3. The first-order valence-electron chi connectivity index (χ1n) is 7.80. The van der Waals surface area contributed by atoms with Crippen LogP contribution in [0, 0.1) is 5.92 Å². The van der Waals surface area contributed by atoms with Gasteiger partial charge in [-0.3, -0.25) is 0 Å². The van der Waals surface area contributed by atoms with Gasteiger partial charge in [0.25, 0.3) is 0 Å². The second-order valence-corrected chi connectivity index (χ2v) is 6.93. The van der Waals surface area contributed by atoms with Gasteiger partial charge in [-0.25, -0.2) is 0 Å². The molecule has 0 aromatic carbocycles. The molecule has 0 aliphatic heterocycles. The van der Waals surface area contributed by atoms with Gasteiger partial charge in [0.2, 0.25) is 0 Å². The summed E-state index contributed by atoms with van der Waals surface area (Å²) in [6, 6.07) is 4.05. The van der Waals surface area contributed by atoms with E-state index >= 15 is 0 Å². The lowest BCUT2D eigenvalue weighted by Gasteiger charge is -2.20. The number of rotatable bonds is 8. The van der Waals surface area contributed by atoms with Gasteiger partial charge in [0.15, 0.2) is 5.82 Å². The molecule has 1 N–H and O–H groups in total. The van der Waals surface area contributed by atoms with Crippen molar-refractivity contribution in [2.75, 3.05) is 31.7 Å². The Morgan fingerprint density at radius 2 is 2.05 bits per heavy atom. The van der Waals surface area contributed by atoms with Gasteiger partial charge in [-0.05, 0) is 51.7 Å². The Morgan fingerprint density at radius 3 is 2.62 bits per heavy atom. The Balaban J connectivity index is 1.71. The van der Waals surface area contributed by atoms with Gasteiger partial charge in [-0.1, -0.05) is 0 Å². The summed E-state index contributed by atoms with van der Waals surface area (Å²) < 4.78 is 5.65. The van der Waals surface area contributed by atoms with Crippen LogP contribution in [0.2, 0.25) is 0 Å². The van der Waals surface area contributed by atoms with Crippen molar-refractivity contribution >= 4 is 5.82 Å². The van der Waals surface area contributed by atoms with Crippen molar-refractivity contribution in [3.05, 3.63) is 17.8 Å². The maximum atomic E-state index is 5.65. The zero-order valence-electron chi connectivity index (χ0n) is 13.7. The third-order valence-corrected chi connectivity index (χ3v) is 3.52. The predicted molar refractivity (Wildman–Crippen MR) is 85.4 cm³/mol. The normalized spacial score (nSPS) is 15.2. The predicted octanol–water partition coefficient (Wildman–Crippen LogP) is 2.23. The Hall–Kier alpha value is -1.20. The van der Waals surface area contributed by atoms with Crippen LogP contribution < -0.4 is 10.2 Å². The Kier molecular flexibility index (Phi) is 5.53. The minimum absolute atomic E-state index is 0.0933. The van der Waals surface area contributed by atoms with Crippen LogP contribution in [0.4, 0.5) is 5.82 Å². The number of aromatic nitrogens is 2. The Labute approximate surface area is 128 Å². The lowest BCUT2D eigenvalue weighted by Crippen LogP contribution is -2.35. The van der Waals surface area contributed by atoms with Crippen LogP contribution in [-0.4, -0.2) is 42.5 Å². The van der Waals surface area contributed by atoms with Crippen molar-refractivity contribution in [1.29, 1.82) is 0 Å². The Morgan fingerprint density at radius 1 is 1.29 bits per heavy atom. The maximum absolute atomic E-state index is 5.65. The third kappa shape index (κ3) is 6.40. The summed E-state index contributed by atoms with van der Waals surface area (Å²) in [6.45, 7) is 9.68. The van der Waals surface area contributed by atoms with Crippen molar-refractivity contribution in [1.82, 2.24) is 15.5 Å². The van der Waals surface area contributed by atoms with Gasteiger partial charge in [0.05, 0.1) is 12.3 Å². The first-order valence-corrected chi connectivity index (χ1v) is 7.80. The average molecular weight is 292 g/mol. The number of anilines is 1. The molecule has 1 saturated carbocycles. The molecule has 1 heterocycles. The number of nitrogens with zero attached hydrogens (tertiary/aromatic N) is 3. The minimum Gasteiger partial charge on any atom is -0.379 e. The van der Waals surface area contributed by atoms with Crippen LogP contribution in [0.15, 0.2) is 12.1 Å². The largest absolute Gasteiger partial charge is 0.379 e. The molecule has 21 heavy (non-hydrogen) atoms. The quantitative estimate of drug-likeness (QED) is 0.745. The molecule has 1 aliphatic carbocycles. The highest BCUT2D eigenvalue weighted by Crippen LogP contribution is 2.28. The lowest BCUT2D eigenvalue weighted by molar-refractivity contribution is 0.130. The molecule has 5 heteroatoms. The van der Waals surface area contributed by atoms with Crippen LogP contribution in [0.5, 0.6) is 0 Å². The summed E-state index contributed by atoms with van der Waals surface area (Å²) in [5.74, 6) is 1.72. The molecule has 1 aliphatic rings. The van der Waals surface area contributed by atoms with Crippen molar-refractivity contribution in [2.45, 2.75) is 45.7 Å². The average Bonchev–Trinajstić information content (AvgIpc) is 3.25. The summed E-state index contributed by atoms with van der Waals surface area (Å²) in [7, 11) is 2.03. The summed E-state index contributed by atoms with van der Waals surface area (Å²) in [6.07, 6.45) is 2.68. The molecule has 1 fully saturated rings. The molecule has 1 aromatic rings. The van der Waals surface area contributed by atoms with Crippen molar-refractivity contribution in [3.8, 4) is 0 Å². The van der Waals surface area contributed by atoms with Crippen molar-refractivity contribution < 1.29 is 4.74 Å². The van der Waals surface area contributed by atoms with Crippen LogP contribution in [0.25, 0.3) is 0 Å². The minimum atomic E-state index is 0.0933. The smallest absolute Gasteiger partial charge is 0.151 e. The van der Waals surface area contributed by atoms with Gasteiger partial charge in [-0.2, -0.15) is 5.10 Å². The molecule has 5 nitrogen and oxygen atoms in total. The van der Waals surface area contributed by atoms with Crippen LogP contribution >= 0.6 is 0 Å². The van der Waals surface area contributed by atoms with E-state index in [4.69, 9.17) is 4.74 Å². The van der Waals surface area contributed by atoms with Crippen molar-refractivity contribution in [3.63, 3.8) is 0 Å². The fraction of sp³-hybridized carbons (Fsp3) is 0.750. The number of hydrogen-bond acceptors (Lipinski definition) is 5. The first-order chi connectivity index (χ1) is 9.94. The molecule has 0 saturated heterocycles. The Bertz CT molecular complexity index is 423. The highest BCUT2D eigenvalue weighted by Gasteiger charge is 2.21. The number of hydrogen-bond donors (Lipinski definition) is 1. The third-order valence-electron chi connectivity index (χ3n) is 3.52. The molecule has 0 bridgehead atoms. The molecule has 1 aromatic heterocycles. The van der Waals surface area contributed by atoms with Crippen LogP contribution in [0.1, 0.15) is 39.3 Å². The number of likely N-dealkylation sites (N-methyl/N-ethyl adjacent to an activating group) is 1. The molecule has 2 rings (SSSR count). The van der Waals surface area contributed by atoms with Gasteiger partial charge in [-0.15, -0.1) is 5.10 Å². The van der Waals surface area contributed by atoms with E-state index in [0.29, 0.717) is 0 Å². The molecule has 0 spiro atoms. The monoisotopic (exact) mass is 292 g/mol. The summed E-state index contributed by atoms with van der Waals surface area (Å²) in [5.41, 5.74) is 1.06. The number of ether oxygens (including phenoxy) is 1. The van der Waals surface area contributed by atoms with Crippen LogP contribution in [0.3, 0.4) is 0 Å². The van der Waals surface area contributed by atoms with Gasteiger partial charge < -0.3 is 15.0 Å². The molecule has 0 amide bonds.